The number of carbonyl (C=O) groups excluding carboxylic acids is 4. The molecule has 39 heavy (non-hydrogen) atoms. The smallest absolute Gasteiger partial charge is 0.338 e. The van der Waals surface area contributed by atoms with Crippen molar-refractivity contribution >= 4 is 35.1 Å². The Bertz CT molecular complexity index is 1450. The van der Waals surface area contributed by atoms with E-state index in [0.717, 1.165) is 12.8 Å². The van der Waals surface area contributed by atoms with Gasteiger partial charge in [-0.1, -0.05) is 42.5 Å². The SMILES string of the molecule is COc1cccc(NC(=O)COC(=O)c2cccc(N3C(=O)[C@@H]4[C@@H]5C[C@@H]([C@@H]4C3=O)[C@H](c3ccccc3)C5)c2)c1. The van der Waals surface area contributed by atoms with Gasteiger partial charge in [-0.15, -0.1) is 0 Å². The molecule has 0 aromatic heterocycles. The largest absolute Gasteiger partial charge is 0.497 e. The number of rotatable bonds is 7. The first kappa shape index (κ1) is 24.9. The Morgan fingerprint density at radius 2 is 1.67 bits per heavy atom. The van der Waals surface area contributed by atoms with Crippen molar-refractivity contribution in [2.45, 2.75) is 18.8 Å². The Balaban J connectivity index is 1.13. The highest BCUT2D eigenvalue weighted by atomic mass is 16.5. The number of ether oxygens (including phenoxy) is 2. The Morgan fingerprint density at radius 1 is 0.897 bits per heavy atom. The van der Waals surface area contributed by atoms with Gasteiger partial charge in [-0.25, -0.2) is 4.79 Å². The molecule has 3 aromatic carbocycles. The van der Waals surface area contributed by atoms with Crippen molar-refractivity contribution < 1.29 is 28.7 Å². The molecule has 0 radical (unpaired) electrons. The van der Waals surface area contributed by atoms with Gasteiger partial charge >= 0.3 is 5.97 Å². The van der Waals surface area contributed by atoms with Crippen molar-refractivity contribution in [1.82, 2.24) is 0 Å². The predicted molar refractivity (Wildman–Crippen MR) is 143 cm³/mol. The number of methoxy groups -OCH3 is 1. The molecule has 6 rings (SSSR count). The predicted octanol–water partition coefficient (Wildman–Crippen LogP) is 4.42. The number of imide groups is 1. The number of nitrogens with zero attached hydrogens (tertiary/aromatic N) is 1. The first-order chi connectivity index (χ1) is 18.9. The molecule has 1 heterocycles. The average molecular weight is 525 g/mol. The van der Waals surface area contributed by atoms with E-state index in [1.54, 1.807) is 36.4 Å². The van der Waals surface area contributed by atoms with Crippen LogP contribution >= 0.6 is 0 Å². The molecule has 0 unspecified atom stereocenters. The second-order valence-corrected chi connectivity index (χ2v) is 10.4. The monoisotopic (exact) mass is 524 g/mol. The molecule has 2 saturated carbocycles. The van der Waals surface area contributed by atoms with E-state index < -0.39 is 18.5 Å². The van der Waals surface area contributed by atoms with E-state index in [1.165, 1.54) is 29.7 Å². The fourth-order valence-electron chi connectivity index (χ4n) is 6.68. The zero-order valence-corrected chi connectivity index (χ0v) is 21.4. The zero-order chi connectivity index (χ0) is 27.1. The second kappa shape index (κ2) is 10.0. The molecule has 2 bridgehead atoms. The van der Waals surface area contributed by atoms with Gasteiger partial charge in [0.1, 0.15) is 5.75 Å². The van der Waals surface area contributed by atoms with Crippen LogP contribution < -0.4 is 15.0 Å². The van der Waals surface area contributed by atoms with Crippen molar-refractivity contribution in [3.05, 3.63) is 90.0 Å². The molecule has 0 spiro atoms. The van der Waals surface area contributed by atoms with Gasteiger partial charge in [-0.3, -0.25) is 19.3 Å². The maximum absolute atomic E-state index is 13.6. The standard InChI is InChI=1S/C31H28N2O6/c1-38-23-12-6-10-21(16-23)32-26(34)17-39-31(37)19-9-5-11-22(13-19)33-29(35)27-20-14-24(18-7-3-2-4-8-18)25(15-20)28(27)30(33)36/h2-13,16,20,24-25,27-28H,14-15,17H2,1H3,(H,32,34)/t20-,24-,25+,27+,28-/m0/s1. The molecule has 5 atom stereocenters. The van der Waals surface area contributed by atoms with Crippen LogP contribution in [-0.2, 0) is 19.1 Å². The van der Waals surface area contributed by atoms with E-state index >= 15 is 0 Å². The summed E-state index contributed by atoms with van der Waals surface area (Å²) in [5, 5.41) is 2.65. The molecule has 8 nitrogen and oxygen atoms in total. The molecule has 198 valence electrons. The molecule has 8 heteroatoms. The lowest BCUT2D eigenvalue weighted by Crippen LogP contribution is -2.33. The van der Waals surface area contributed by atoms with Crippen LogP contribution in [0.15, 0.2) is 78.9 Å². The molecule has 2 aliphatic carbocycles. The van der Waals surface area contributed by atoms with Crippen LogP contribution in [-0.4, -0.2) is 37.4 Å². The summed E-state index contributed by atoms with van der Waals surface area (Å²) in [7, 11) is 1.53. The molecular formula is C31H28N2O6. The summed E-state index contributed by atoms with van der Waals surface area (Å²) in [6.45, 7) is -0.490. The van der Waals surface area contributed by atoms with Crippen molar-refractivity contribution in [3.63, 3.8) is 0 Å². The number of nitrogens with one attached hydrogen (secondary N) is 1. The van der Waals surface area contributed by atoms with Crippen LogP contribution in [0, 0.1) is 23.7 Å². The molecule has 1 aliphatic heterocycles. The van der Waals surface area contributed by atoms with Gasteiger partial charge in [-0.2, -0.15) is 0 Å². The molecule has 3 fully saturated rings. The van der Waals surface area contributed by atoms with Crippen molar-refractivity contribution in [3.8, 4) is 5.75 Å². The Morgan fingerprint density at radius 3 is 2.46 bits per heavy atom. The highest BCUT2D eigenvalue weighted by molar-refractivity contribution is 6.23. The fourth-order valence-corrected chi connectivity index (χ4v) is 6.68. The number of benzene rings is 3. The maximum atomic E-state index is 13.6. The number of hydrogen-bond acceptors (Lipinski definition) is 6. The average Bonchev–Trinajstić information content (AvgIpc) is 3.63. The summed E-state index contributed by atoms with van der Waals surface area (Å²) < 4.78 is 10.3. The third-order valence-electron chi connectivity index (χ3n) is 8.27. The van der Waals surface area contributed by atoms with Gasteiger partial charge in [0.25, 0.3) is 5.91 Å². The summed E-state index contributed by atoms with van der Waals surface area (Å²) in [5.41, 5.74) is 2.25. The summed E-state index contributed by atoms with van der Waals surface area (Å²) >= 11 is 0. The van der Waals surface area contributed by atoms with Crippen molar-refractivity contribution in [2.75, 3.05) is 23.9 Å². The van der Waals surface area contributed by atoms with Gasteiger partial charge in [0.05, 0.1) is 30.2 Å². The fraction of sp³-hybridized carbons (Fsp3) is 0.290. The number of esters is 1. The maximum Gasteiger partial charge on any atom is 0.338 e. The Kier molecular flexibility index (Phi) is 6.38. The van der Waals surface area contributed by atoms with E-state index in [9.17, 15) is 19.2 Å². The molecule has 1 N–H and O–H groups in total. The molecule has 3 aliphatic rings. The summed E-state index contributed by atoms with van der Waals surface area (Å²) in [4.78, 5) is 53.3. The van der Waals surface area contributed by atoms with Crippen LogP contribution in [0.4, 0.5) is 11.4 Å². The highest BCUT2D eigenvalue weighted by Gasteiger charge is 2.64. The van der Waals surface area contributed by atoms with Gasteiger partial charge in [0.15, 0.2) is 6.61 Å². The normalized spacial score (nSPS) is 24.9. The van der Waals surface area contributed by atoms with E-state index in [1.807, 2.05) is 18.2 Å². The first-order valence-corrected chi connectivity index (χ1v) is 13.1. The molecule has 1 saturated heterocycles. The minimum Gasteiger partial charge on any atom is -0.497 e. The summed E-state index contributed by atoms with van der Waals surface area (Å²) in [5.74, 6) is -1.07. The molecule has 3 aromatic rings. The van der Waals surface area contributed by atoms with E-state index in [0.29, 0.717) is 17.1 Å². The molecular weight excluding hydrogens is 496 g/mol. The van der Waals surface area contributed by atoms with E-state index in [2.05, 4.69) is 17.4 Å². The van der Waals surface area contributed by atoms with Gasteiger partial charge in [0.2, 0.25) is 11.8 Å². The number of fused-ring (bicyclic) bond motifs is 5. The third-order valence-corrected chi connectivity index (χ3v) is 8.27. The molecule has 3 amide bonds. The minimum absolute atomic E-state index is 0.139. The first-order valence-electron chi connectivity index (χ1n) is 13.1. The van der Waals surface area contributed by atoms with Crippen molar-refractivity contribution in [2.24, 2.45) is 23.7 Å². The Labute approximate surface area is 225 Å². The second-order valence-electron chi connectivity index (χ2n) is 10.4. The van der Waals surface area contributed by atoms with Crippen LogP contribution in [0.3, 0.4) is 0 Å². The third kappa shape index (κ3) is 4.46. The number of carbonyl (C=O) groups is 4. The van der Waals surface area contributed by atoms with Gasteiger partial charge in [0, 0.05) is 11.8 Å². The number of anilines is 2. The zero-order valence-electron chi connectivity index (χ0n) is 21.4. The number of amides is 3. The van der Waals surface area contributed by atoms with E-state index in [-0.39, 0.29) is 47.0 Å². The quantitative estimate of drug-likeness (QED) is 0.363. The van der Waals surface area contributed by atoms with Gasteiger partial charge in [-0.05, 0) is 66.5 Å². The summed E-state index contributed by atoms with van der Waals surface area (Å²) in [6, 6.07) is 23.3. The van der Waals surface area contributed by atoms with Crippen LogP contribution in [0.25, 0.3) is 0 Å². The van der Waals surface area contributed by atoms with Crippen LogP contribution in [0.2, 0.25) is 0 Å². The van der Waals surface area contributed by atoms with Crippen molar-refractivity contribution in [1.29, 1.82) is 0 Å². The minimum atomic E-state index is -0.721. The lowest BCUT2D eigenvalue weighted by Gasteiger charge is -2.28. The Hall–Kier alpha value is -4.46. The number of hydrogen-bond donors (Lipinski definition) is 1. The highest BCUT2D eigenvalue weighted by Crippen LogP contribution is 2.61. The topological polar surface area (TPSA) is 102 Å². The van der Waals surface area contributed by atoms with Gasteiger partial charge < -0.3 is 14.8 Å². The lowest BCUT2D eigenvalue weighted by molar-refractivity contribution is -0.123. The lowest BCUT2D eigenvalue weighted by atomic mass is 9.73. The van der Waals surface area contributed by atoms with E-state index in [4.69, 9.17) is 9.47 Å². The van der Waals surface area contributed by atoms with Crippen LogP contribution in [0.1, 0.15) is 34.7 Å². The summed E-state index contributed by atoms with van der Waals surface area (Å²) in [6.07, 6.45) is 1.80. The van der Waals surface area contributed by atoms with Crippen LogP contribution in [0.5, 0.6) is 5.75 Å².